The Balaban J connectivity index is 1.68. The number of hydrogen-bond donors (Lipinski definition) is 1. The quantitative estimate of drug-likeness (QED) is 0.919. The second kappa shape index (κ2) is 7.11. The molecule has 0 unspecified atom stereocenters. The van der Waals surface area contributed by atoms with E-state index in [4.69, 9.17) is 9.47 Å². The fourth-order valence-electron chi connectivity index (χ4n) is 3.01. The minimum Gasteiger partial charge on any atom is -0.490 e. The summed E-state index contributed by atoms with van der Waals surface area (Å²) in [5.41, 5.74) is 0.648. The summed E-state index contributed by atoms with van der Waals surface area (Å²) < 4.78 is 11.4. The van der Waals surface area contributed by atoms with Crippen molar-refractivity contribution < 1.29 is 14.3 Å². The topological polar surface area (TPSA) is 50.8 Å². The average Bonchev–Trinajstić information content (AvgIpc) is 3.06. The summed E-state index contributed by atoms with van der Waals surface area (Å²) >= 11 is 0. The van der Waals surface area contributed by atoms with E-state index in [9.17, 15) is 4.79 Å². The second-order valence-electron chi connectivity index (χ2n) is 6.05. The molecule has 0 radical (unpaired) electrons. The first-order valence-corrected chi connectivity index (χ1v) is 8.10. The largest absolute Gasteiger partial charge is 0.490 e. The van der Waals surface area contributed by atoms with Crippen LogP contribution in [0.2, 0.25) is 0 Å². The second-order valence-corrected chi connectivity index (χ2v) is 6.05. The molecule has 0 saturated carbocycles. The van der Waals surface area contributed by atoms with Gasteiger partial charge in [0.1, 0.15) is 12.4 Å². The van der Waals surface area contributed by atoms with Crippen molar-refractivity contribution in [3.05, 3.63) is 29.8 Å². The van der Waals surface area contributed by atoms with E-state index in [1.165, 1.54) is 0 Å². The molecule has 120 valence electrons. The lowest BCUT2D eigenvalue weighted by molar-refractivity contribution is 0.0637. The van der Waals surface area contributed by atoms with Crippen molar-refractivity contribution in [1.29, 1.82) is 0 Å². The number of carbonyl (C=O) groups excluding carboxylic acids is 1. The van der Waals surface area contributed by atoms with Crippen molar-refractivity contribution in [3.63, 3.8) is 0 Å². The average molecular weight is 304 g/mol. The van der Waals surface area contributed by atoms with Crippen LogP contribution in [0.3, 0.4) is 0 Å². The van der Waals surface area contributed by atoms with E-state index in [0.717, 1.165) is 39.1 Å². The molecule has 22 heavy (non-hydrogen) atoms. The fraction of sp³-hybridized carbons (Fsp3) is 0.588. The van der Waals surface area contributed by atoms with Crippen LogP contribution >= 0.6 is 0 Å². The Morgan fingerprint density at radius 1 is 1.45 bits per heavy atom. The fourth-order valence-corrected chi connectivity index (χ4v) is 3.01. The summed E-state index contributed by atoms with van der Waals surface area (Å²) in [7, 11) is 0. The summed E-state index contributed by atoms with van der Waals surface area (Å²) in [6.07, 6.45) is 2.28. The van der Waals surface area contributed by atoms with Crippen molar-refractivity contribution in [2.75, 3.05) is 32.8 Å². The molecule has 2 atom stereocenters. The number of para-hydroxylation sites is 1. The minimum atomic E-state index is 0.0521. The van der Waals surface area contributed by atoms with Crippen LogP contribution in [0.25, 0.3) is 0 Å². The number of hydrogen-bond acceptors (Lipinski definition) is 4. The highest BCUT2D eigenvalue weighted by Crippen LogP contribution is 2.22. The molecular weight excluding hydrogens is 280 g/mol. The molecule has 2 saturated heterocycles. The Hall–Kier alpha value is -1.59. The smallest absolute Gasteiger partial charge is 0.257 e. The molecule has 2 aliphatic heterocycles. The first-order valence-electron chi connectivity index (χ1n) is 8.10. The van der Waals surface area contributed by atoms with Crippen molar-refractivity contribution in [3.8, 4) is 5.75 Å². The summed E-state index contributed by atoms with van der Waals surface area (Å²) in [5.74, 6) is 0.713. The van der Waals surface area contributed by atoms with Gasteiger partial charge < -0.3 is 19.7 Å². The molecule has 2 aliphatic rings. The Bertz CT molecular complexity index is 514. The maximum Gasteiger partial charge on any atom is 0.257 e. The summed E-state index contributed by atoms with van der Waals surface area (Å²) in [4.78, 5) is 14.6. The lowest BCUT2D eigenvalue weighted by atomic mass is 10.1. The number of nitrogens with one attached hydrogen (secondary N) is 1. The van der Waals surface area contributed by atoms with Gasteiger partial charge in [0.15, 0.2) is 0 Å². The molecule has 0 aliphatic carbocycles. The monoisotopic (exact) mass is 304 g/mol. The van der Waals surface area contributed by atoms with Gasteiger partial charge >= 0.3 is 0 Å². The Labute approximate surface area is 131 Å². The molecule has 1 aromatic carbocycles. The molecule has 0 bridgehead atoms. The van der Waals surface area contributed by atoms with Gasteiger partial charge in [0.05, 0.1) is 11.7 Å². The number of piperazine rings is 1. The van der Waals surface area contributed by atoms with Crippen molar-refractivity contribution in [2.45, 2.75) is 31.9 Å². The zero-order chi connectivity index (χ0) is 15.4. The van der Waals surface area contributed by atoms with Gasteiger partial charge in [-0.05, 0) is 31.9 Å². The van der Waals surface area contributed by atoms with E-state index in [1.807, 2.05) is 29.2 Å². The predicted molar refractivity (Wildman–Crippen MR) is 84.3 cm³/mol. The Morgan fingerprint density at radius 3 is 3.09 bits per heavy atom. The lowest BCUT2D eigenvalue weighted by Gasteiger charge is -2.32. The number of carbonyl (C=O) groups is 1. The predicted octanol–water partition coefficient (Wildman–Crippen LogP) is 1.68. The number of ether oxygens (including phenoxy) is 2. The standard InChI is InChI=1S/C17H24N2O3/c1-13-11-19(9-8-18-13)17(20)15-6-2-3-7-16(15)22-12-14-5-4-10-21-14/h2-3,6-7,13-14,18H,4-5,8-12H2,1H3/t13-,14-/m1/s1. The third kappa shape index (κ3) is 3.59. The highest BCUT2D eigenvalue weighted by atomic mass is 16.5. The van der Waals surface area contributed by atoms with Crippen LogP contribution < -0.4 is 10.1 Å². The maximum atomic E-state index is 12.7. The molecule has 1 N–H and O–H groups in total. The molecule has 3 rings (SSSR count). The molecule has 0 aromatic heterocycles. The van der Waals surface area contributed by atoms with E-state index in [2.05, 4.69) is 12.2 Å². The van der Waals surface area contributed by atoms with Crippen LogP contribution in [-0.4, -0.2) is 55.8 Å². The molecule has 5 heteroatoms. The first-order chi connectivity index (χ1) is 10.7. The summed E-state index contributed by atoms with van der Waals surface area (Å²) in [6.45, 7) is 5.74. The van der Waals surface area contributed by atoms with Crippen LogP contribution in [0.5, 0.6) is 5.75 Å². The van der Waals surface area contributed by atoms with Crippen LogP contribution in [0.4, 0.5) is 0 Å². The van der Waals surface area contributed by atoms with Gasteiger partial charge in [-0.15, -0.1) is 0 Å². The van der Waals surface area contributed by atoms with Gasteiger partial charge in [-0.3, -0.25) is 4.79 Å². The third-order valence-electron chi connectivity index (χ3n) is 4.22. The highest BCUT2D eigenvalue weighted by Gasteiger charge is 2.24. The molecule has 1 aromatic rings. The van der Waals surface area contributed by atoms with E-state index < -0.39 is 0 Å². The van der Waals surface area contributed by atoms with Gasteiger partial charge in [0.2, 0.25) is 0 Å². The molecule has 2 fully saturated rings. The lowest BCUT2D eigenvalue weighted by Crippen LogP contribution is -2.51. The molecule has 0 spiro atoms. The SMILES string of the molecule is C[C@@H]1CN(C(=O)c2ccccc2OC[C@H]2CCCO2)CCN1. The van der Waals surface area contributed by atoms with Gasteiger partial charge in [0, 0.05) is 32.3 Å². The van der Waals surface area contributed by atoms with Crippen molar-refractivity contribution in [1.82, 2.24) is 10.2 Å². The van der Waals surface area contributed by atoms with Crippen LogP contribution in [-0.2, 0) is 4.74 Å². The number of amides is 1. The summed E-state index contributed by atoms with van der Waals surface area (Å²) in [5, 5.41) is 3.35. The van der Waals surface area contributed by atoms with E-state index in [0.29, 0.717) is 24.0 Å². The first kappa shape index (κ1) is 15.3. The van der Waals surface area contributed by atoms with Crippen LogP contribution in [0.1, 0.15) is 30.1 Å². The van der Waals surface area contributed by atoms with Gasteiger partial charge in [-0.2, -0.15) is 0 Å². The number of nitrogens with zero attached hydrogens (tertiary/aromatic N) is 1. The third-order valence-corrected chi connectivity index (χ3v) is 4.22. The van der Waals surface area contributed by atoms with E-state index >= 15 is 0 Å². The normalized spacial score (nSPS) is 25.2. The van der Waals surface area contributed by atoms with E-state index in [-0.39, 0.29) is 12.0 Å². The maximum absolute atomic E-state index is 12.7. The van der Waals surface area contributed by atoms with Gasteiger partial charge in [0.25, 0.3) is 5.91 Å². The zero-order valence-corrected chi connectivity index (χ0v) is 13.1. The summed E-state index contributed by atoms with van der Waals surface area (Å²) in [6, 6.07) is 7.84. The molecule has 1 amide bonds. The number of rotatable bonds is 4. The van der Waals surface area contributed by atoms with Crippen molar-refractivity contribution in [2.24, 2.45) is 0 Å². The molecule has 5 nitrogen and oxygen atoms in total. The van der Waals surface area contributed by atoms with Gasteiger partial charge in [-0.25, -0.2) is 0 Å². The Kier molecular flexibility index (Phi) is 4.95. The molecule has 2 heterocycles. The minimum absolute atomic E-state index is 0.0521. The zero-order valence-electron chi connectivity index (χ0n) is 13.1. The van der Waals surface area contributed by atoms with Crippen LogP contribution in [0, 0.1) is 0 Å². The van der Waals surface area contributed by atoms with Crippen molar-refractivity contribution >= 4 is 5.91 Å². The Morgan fingerprint density at radius 2 is 2.32 bits per heavy atom. The van der Waals surface area contributed by atoms with E-state index in [1.54, 1.807) is 0 Å². The molecular formula is C17H24N2O3. The highest BCUT2D eigenvalue weighted by molar-refractivity contribution is 5.97. The number of benzene rings is 1. The van der Waals surface area contributed by atoms with Crippen LogP contribution in [0.15, 0.2) is 24.3 Å². The van der Waals surface area contributed by atoms with Gasteiger partial charge in [-0.1, -0.05) is 12.1 Å².